The van der Waals surface area contributed by atoms with Crippen LogP contribution >= 0.6 is 11.8 Å². The molecule has 0 saturated carbocycles. The lowest BCUT2D eigenvalue weighted by molar-refractivity contribution is 0.541. The maximum Gasteiger partial charge on any atom is 0.262 e. The Morgan fingerprint density at radius 2 is 1.80 bits per heavy atom. The van der Waals surface area contributed by atoms with Gasteiger partial charge in [-0.15, -0.1) is 0 Å². The van der Waals surface area contributed by atoms with Gasteiger partial charge in [-0.1, -0.05) is 73.5 Å². The van der Waals surface area contributed by atoms with Crippen LogP contribution in [-0.2, 0) is 12.3 Å². The summed E-state index contributed by atoms with van der Waals surface area (Å²) in [6.45, 7) is 5.00. The molecule has 0 unspecified atom stereocenters. The number of hydrogen-bond donors (Lipinski definition) is 0. The number of fused-ring (bicyclic) bond motifs is 1. The topological polar surface area (TPSA) is 34.9 Å². The Kier molecular flexibility index (Phi) is 5.92. The van der Waals surface area contributed by atoms with Gasteiger partial charge in [0.05, 0.1) is 10.9 Å². The lowest BCUT2D eigenvalue weighted by Gasteiger charge is -2.13. The molecule has 3 aromatic rings. The molecule has 0 aliphatic heterocycles. The number of thioether (sulfide) groups is 1. The van der Waals surface area contributed by atoms with E-state index in [0.29, 0.717) is 5.39 Å². The van der Waals surface area contributed by atoms with Gasteiger partial charge in [0.1, 0.15) is 0 Å². The summed E-state index contributed by atoms with van der Waals surface area (Å²) in [5, 5.41) is 1.53. The number of nitrogens with zero attached hydrogens (tertiary/aromatic N) is 2. The number of rotatable bonds is 7. The minimum absolute atomic E-state index is 0.0770. The average Bonchev–Trinajstić information content (AvgIpc) is 2.63. The number of aromatic nitrogens is 2. The highest BCUT2D eigenvalue weighted by Gasteiger charge is 2.11. The van der Waals surface area contributed by atoms with E-state index in [-0.39, 0.29) is 5.56 Å². The van der Waals surface area contributed by atoms with Crippen LogP contribution in [0.4, 0.5) is 0 Å². The summed E-state index contributed by atoms with van der Waals surface area (Å²) in [7, 11) is 0. The summed E-state index contributed by atoms with van der Waals surface area (Å²) in [5.74, 6) is 0.818. The van der Waals surface area contributed by atoms with Gasteiger partial charge in [-0.2, -0.15) is 0 Å². The SMILES string of the molecule is CCCCCn1c(SCc2ccc(C)cc2)nc2ccccc2c1=O. The van der Waals surface area contributed by atoms with Crippen molar-refractivity contribution in [2.75, 3.05) is 0 Å². The fourth-order valence-corrected chi connectivity index (χ4v) is 3.79. The lowest BCUT2D eigenvalue weighted by atomic mass is 10.2. The number of aryl methyl sites for hydroxylation is 1. The molecule has 0 aliphatic rings. The van der Waals surface area contributed by atoms with Crippen molar-refractivity contribution in [3.8, 4) is 0 Å². The zero-order valence-corrected chi connectivity index (χ0v) is 15.7. The minimum atomic E-state index is 0.0770. The highest BCUT2D eigenvalue weighted by atomic mass is 32.2. The molecule has 0 fully saturated rings. The fraction of sp³-hybridized carbons (Fsp3) is 0.333. The number of unbranched alkanes of at least 4 members (excludes halogenated alkanes) is 2. The normalized spacial score (nSPS) is 11.1. The Morgan fingerprint density at radius 3 is 2.56 bits per heavy atom. The van der Waals surface area contributed by atoms with Crippen LogP contribution in [0.15, 0.2) is 58.5 Å². The highest BCUT2D eigenvalue weighted by molar-refractivity contribution is 7.98. The first-order valence-electron chi connectivity index (χ1n) is 8.87. The predicted octanol–water partition coefficient (Wildman–Crippen LogP) is 5.19. The summed E-state index contributed by atoms with van der Waals surface area (Å²) in [6.07, 6.45) is 3.28. The first-order valence-corrected chi connectivity index (χ1v) is 9.85. The molecule has 3 nitrogen and oxygen atoms in total. The van der Waals surface area contributed by atoms with Gasteiger partial charge in [0.15, 0.2) is 5.16 Å². The van der Waals surface area contributed by atoms with Crippen LogP contribution in [0.2, 0.25) is 0 Å². The summed E-state index contributed by atoms with van der Waals surface area (Å²) in [4.78, 5) is 17.7. The molecule has 1 heterocycles. The van der Waals surface area contributed by atoms with Crippen molar-refractivity contribution in [3.05, 3.63) is 70.0 Å². The second kappa shape index (κ2) is 8.34. The van der Waals surface area contributed by atoms with Gasteiger partial charge in [-0.05, 0) is 31.0 Å². The van der Waals surface area contributed by atoms with Crippen molar-refractivity contribution in [1.82, 2.24) is 9.55 Å². The van der Waals surface area contributed by atoms with Crippen LogP contribution in [-0.4, -0.2) is 9.55 Å². The third kappa shape index (κ3) is 4.31. The Labute approximate surface area is 153 Å². The van der Waals surface area contributed by atoms with Crippen molar-refractivity contribution >= 4 is 22.7 Å². The molecule has 2 aromatic carbocycles. The second-order valence-electron chi connectivity index (χ2n) is 6.35. The molecular formula is C21H24N2OS. The smallest absolute Gasteiger partial charge is 0.262 e. The van der Waals surface area contributed by atoms with Gasteiger partial charge in [-0.3, -0.25) is 9.36 Å². The van der Waals surface area contributed by atoms with E-state index in [0.717, 1.165) is 42.2 Å². The van der Waals surface area contributed by atoms with E-state index in [2.05, 4.69) is 38.1 Å². The van der Waals surface area contributed by atoms with E-state index in [1.807, 2.05) is 28.8 Å². The quantitative estimate of drug-likeness (QED) is 0.333. The van der Waals surface area contributed by atoms with Gasteiger partial charge in [0.2, 0.25) is 0 Å². The zero-order chi connectivity index (χ0) is 17.6. The maximum atomic E-state index is 12.9. The van der Waals surface area contributed by atoms with Gasteiger partial charge >= 0.3 is 0 Å². The van der Waals surface area contributed by atoms with Crippen LogP contribution in [0.1, 0.15) is 37.3 Å². The monoisotopic (exact) mass is 352 g/mol. The third-order valence-corrected chi connectivity index (χ3v) is 5.35. The highest BCUT2D eigenvalue weighted by Crippen LogP contribution is 2.22. The summed E-state index contributed by atoms with van der Waals surface area (Å²) in [6, 6.07) is 16.2. The number of hydrogen-bond acceptors (Lipinski definition) is 3. The van der Waals surface area contributed by atoms with E-state index in [1.54, 1.807) is 11.8 Å². The van der Waals surface area contributed by atoms with Crippen molar-refractivity contribution in [2.24, 2.45) is 0 Å². The largest absolute Gasteiger partial charge is 0.287 e. The van der Waals surface area contributed by atoms with Crippen molar-refractivity contribution in [1.29, 1.82) is 0 Å². The van der Waals surface area contributed by atoms with Gasteiger partial charge in [-0.25, -0.2) is 4.98 Å². The Hall–Kier alpha value is -2.07. The molecule has 0 saturated heterocycles. The van der Waals surface area contributed by atoms with Gasteiger partial charge in [0, 0.05) is 12.3 Å². The van der Waals surface area contributed by atoms with E-state index >= 15 is 0 Å². The molecule has 0 amide bonds. The summed E-state index contributed by atoms with van der Waals surface area (Å²) >= 11 is 1.64. The van der Waals surface area contributed by atoms with E-state index < -0.39 is 0 Å². The van der Waals surface area contributed by atoms with Crippen molar-refractivity contribution in [2.45, 2.75) is 50.6 Å². The molecule has 4 heteroatoms. The Morgan fingerprint density at radius 1 is 1.04 bits per heavy atom. The van der Waals surface area contributed by atoms with E-state index in [1.165, 1.54) is 11.1 Å². The molecule has 25 heavy (non-hydrogen) atoms. The molecule has 0 atom stereocenters. The fourth-order valence-electron chi connectivity index (χ4n) is 2.81. The molecule has 0 aliphatic carbocycles. The van der Waals surface area contributed by atoms with E-state index in [9.17, 15) is 4.79 Å². The van der Waals surface area contributed by atoms with Crippen LogP contribution in [0.3, 0.4) is 0 Å². The lowest BCUT2D eigenvalue weighted by Crippen LogP contribution is -2.23. The standard InChI is InChI=1S/C21H24N2OS/c1-3-4-7-14-23-20(24)18-8-5-6-9-19(18)22-21(23)25-15-17-12-10-16(2)11-13-17/h5-6,8-13H,3-4,7,14-15H2,1-2H3. The number of benzene rings is 2. The summed E-state index contributed by atoms with van der Waals surface area (Å²) in [5.41, 5.74) is 3.37. The molecule has 3 rings (SSSR count). The van der Waals surface area contributed by atoms with Gasteiger partial charge in [0.25, 0.3) is 5.56 Å². The van der Waals surface area contributed by atoms with Gasteiger partial charge < -0.3 is 0 Å². The zero-order valence-electron chi connectivity index (χ0n) is 14.9. The Balaban J connectivity index is 1.91. The number of para-hydroxylation sites is 1. The molecule has 0 radical (unpaired) electrons. The Bertz CT molecular complexity index is 900. The molecule has 0 bridgehead atoms. The molecule has 0 N–H and O–H groups in total. The molecule has 130 valence electrons. The first kappa shape index (κ1) is 17.7. The van der Waals surface area contributed by atoms with E-state index in [4.69, 9.17) is 4.98 Å². The predicted molar refractivity (Wildman–Crippen MR) is 106 cm³/mol. The molecular weight excluding hydrogens is 328 g/mol. The van der Waals surface area contributed by atoms with Crippen molar-refractivity contribution in [3.63, 3.8) is 0 Å². The van der Waals surface area contributed by atoms with Crippen LogP contribution in [0.5, 0.6) is 0 Å². The average molecular weight is 353 g/mol. The maximum absolute atomic E-state index is 12.9. The third-order valence-electron chi connectivity index (χ3n) is 4.30. The first-order chi connectivity index (χ1) is 12.2. The minimum Gasteiger partial charge on any atom is -0.287 e. The second-order valence-corrected chi connectivity index (χ2v) is 7.29. The van der Waals surface area contributed by atoms with Crippen LogP contribution in [0, 0.1) is 6.92 Å². The van der Waals surface area contributed by atoms with Crippen LogP contribution in [0.25, 0.3) is 10.9 Å². The molecule has 1 aromatic heterocycles. The summed E-state index contributed by atoms with van der Waals surface area (Å²) < 4.78 is 1.86. The van der Waals surface area contributed by atoms with Crippen molar-refractivity contribution < 1.29 is 0 Å². The van der Waals surface area contributed by atoms with Crippen LogP contribution < -0.4 is 5.56 Å². The molecule has 0 spiro atoms.